The van der Waals surface area contributed by atoms with Crippen LogP contribution >= 0.6 is 0 Å². The third kappa shape index (κ3) is 1.73. The summed E-state index contributed by atoms with van der Waals surface area (Å²) in [6.45, 7) is 0. The third-order valence-corrected chi connectivity index (χ3v) is 5.06. The Morgan fingerprint density at radius 2 is 2.00 bits per heavy atom. The van der Waals surface area contributed by atoms with E-state index in [1.807, 2.05) is 42.5 Å². The van der Waals surface area contributed by atoms with E-state index in [4.69, 9.17) is 4.74 Å². The van der Waals surface area contributed by atoms with E-state index in [0.717, 1.165) is 29.2 Å². The first-order chi connectivity index (χ1) is 10.2. The van der Waals surface area contributed by atoms with Gasteiger partial charge in [0.1, 0.15) is 11.5 Å². The van der Waals surface area contributed by atoms with Crippen LogP contribution in [0.25, 0.3) is 10.8 Å². The van der Waals surface area contributed by atoms with Gasteiger partial charge in [-0.2, -0.15) is 5.26 Å². The predicted molar refractivity (Wildman–Crippen MR) is 79.5 cm³/mol. The molecule has 2 aliphatic heterocycles. The minimum atomic E-state index is -0.802. The summed E-state index contributed by atoms with van der Waals surface area (Å²) in [5.41, 5.74) is 0.0401. The zero-order chi connectivity index (χ0) is 14.4. The molecule has 4 rings (SSSR count). The standard InChI is InChI=1S/C18H17NO2/c19-11-18(10-13-8-9-16(18)21-13)17(20)15-7-3-5-12-4-1-2-6-14(12)15/h1-7,13,16-17,20H,8-10H2. The van der Waals surface area contributed by atoms with Crippen LogP contribution in [0, 0.1) is 16.7 Å². The quantitative estimate of drug-likeness (QED) is 0.917. The first-order valence-corrected chi connectivity index (χ1v) is 7.47. The Balaban J connectivity index is 1.83. The maximum atomic E-state index is 11.0. The van der Waals surface area contributed by atoms with Crippen LogP contribution in [-0.2, 0) is 4.74 Å². The van der Waals surface area contributed by atoms with Crippen LogP contribution in [0.1, 0.15) is 30.9 Å². The first-order valence-electron chi connectivity index (χ1n) is 7.47. The molecule has 0 saturated carbocycles. The van der Waals surface area contributed by atoms with E-state index < -0.39 is 11.5 Å². The molecule has 1 N–H and O–H groups in total. The summed E-state index contributed by atoms with van der Waals surface area (Å²) in [6.07, 6.45) is 1.72. The monoisotopic (exact) mass is 279 g/mol. The van der Waals surface area contributed by atoms with E-state index in [1.165, 1.54) is 0 Å². The highest BCUT2D eigenvalue weighted by Crippen LogP contribution is 2.54. The summed E-state index contributed by atoms with van der Waals surface area (Å²) in [5.74, 6) is 0. The summed E-state index contributed by atoms with van der Waals surface area (Å²) >= 11 is 0. The normalized spacial score (nSPS) is 32.2. The van der Waals surface area contributed by atoms with Gasteiger partial charge in [0.2, 0.25) is 0 Å². The van der Waals surface area contributed by atoms with Gasteiger partial charge in [0.05, 0.1) is 18.3 Å². The molecule has 4 atom stereocenters. The smallest absolute Gasteiger partial charge is 0.116 e. The number of nitriles is 1. The fourth-order valence-electron chi connectivity index (χ4n) is 3.98. The Bertz CT molecular complexity index is 730. The van der Waals surface area contributed by atoms with Gasteiger partial charge >= 0.3 is 0 Å². The molecule has 0 radical (unpaired) electrons. The molecule has 2 aromatic rings. The second-order valence-corrected chi connectivity index (χ2v) is 6.15. The first kappa shape index (κ1) is 12.8. The molecular weight excluding hydrogens is 262 g/mol. The van der Waals surface area contributed by atoms with Crippen molar-refractivity contribution in [2.45, 2.75) is 37.6 Å². The lowest BCUT2D eigenvalue weighted by molar-refractivity contribution is 0.00416. The van der Waals surface area contributed by atoms with Crippen LogP contribution in [0.5, 0.6) is 0 Å². The summed E-state index contributed by atoms with van der Waals surface area (Å²) in [7, 11) is 0. The fourth-order valence-corrected chi connectivity index (χ4v) is 3.98. The molecule has 0 spiro atoms. The third-order valence-electron chi connectivity index (χ3n) is 5.06. The Morgan fingerprint density at radius 3 is 2.71 bits per heavy atom. The number of rotatable bonds is 2. The highest BCUT2D eigenvalue weighted by molar-refractivity contribution is 5.86. The lowest BCUT2D eigenvalue weighted by atomic mass is 9.69. The molecule has 4 unspecified atom stereocenters. The van der Waals surface area contributed by atoms with Gasteiger partial charge in [-0.15, -0.1) is 0 Å². The molecule has 2 bridgehead atoms. The van der Waals surface area contributed by atoms with Gasteiger partial charge in [0.25, 0.3) is 0 Å². The Kier molecular flexibility index (Phi) is 2.78. The van der Waals surface area contributed by atoms with Crippen LogP contribution in [0.15, 0.2) is 42.5 Å². The van der Waals surface area contributed by atoms with Crippen molar-refractivity contribution in [2.24, 2.45) is 5.41 Å². The molecule has 2 saturated heterocycles. The van der Waals surface area contributed by atoms with Gasteiger partial charge in [0, 0.05) is 0 Å². The van der Waals surface area contributed by atoms with Crippen molar-refractivity contribution in [2.75, 3.05) is 0 Å². The second kappa shape index (κ2) is 4.56. The van der Waals surface area contributed by atoms with Gasteiger partial charge in [-0.1, -0.05) is 42.5 Å². The number of fused-ring (bicyclic) bond motifs is 3. The molecule has 0 amide bonds. The van der Waals surface area contributed by atoms with E-state index in [1.54, 1.807) is 0 Å². The molecule has 2 aromatic carbocycles. The number of aliphatic hydroxyl groups excluding tert-OH is 1. The summed E-state index contributed by atoms with van der Waals surface area (Å²) in [5, 5.41) is 22.8. The van der Waals surface area contributed by atoms with Crippen molar-refractivity contribution >= 4 is 10.8 Å². The van der Waals surface area contributed by atoms with E-state index in [2.05, 4.69) is 6.07 Å². The number of hydrogen-bond acceptors (Lipinski definition) is 3. The fraction of sp³-hybridized carbons (Fsp3) is 0.389. The van der Waals surface area contributed by atoms with Crippen LogP contribution in [0.3, 0.4) is 0 Å². The highest BCUT2D eigenvalue weighted by Gasteiger charge is 2.57. The lowest BCUT2D eigenvalue weighted by Gasteiger charge is -2.33. The Labute approximate surface area is 123 Å². The second-order valence-electron chi connectivity index (χ2n) is 6.15. The predicted octanol–water partition coefficient (Wildman–Crippen LogP) is 3.33. The van der Waals surface area contributed by atoms with Gasteiger partial charge in [-0.05, 0) is 35.6 Å². The number of hydrogen-bond donors (Lipinski definition) is 1. The van der Waals surface area contributed by atoms with Crippen molar-refractivity contribution in [3.05, 3.63) is 48.0 Å². The van der Waals surface area contributed by atoms with Crippen molar-refractivity contribution in [1.82, 2.24) is 0 Å². The molecule has 3 heteroatoms. The molecule has 0 aliphatic carbocycles. The van der Waals surface area contributed by atoms with Crippen LogP contribution in [0.2, 0.25) is 0 Å². The summed E-state index contributed by atoms with van der Waals surface area (Å²) in [6, 6.07) is 16.3. The zero-order valence-corrected chi connectivity index (χ0v) is 11.7. The maximum absolute atomic E-state index is 11.0. The molecule has 106 valence electrons. The molecule has 21 heavy (non-hydrogen) atoms. The topological polar surface area (TPSA) is 53.2 Å². The van der Waals surface area contributed by atoms with Gasteiger partial charge < -0.3 is 9.84 Å². The molecule has 3 nitrogen and oxygen atoms in total. The minimum Gasteiger partial charge on any atom is -0.387 e. The summed E-state index contributed by atoms with van der Waals surface area (Å²) in [4.78, 5) is 0. The molecule has 2 heterocycles. The molecule has 0 aromatic heterocycles. The van der Waals surface area contributed by atoms with Crippen LogP contribution < -0.4 is 0 Å². The number of benzene rings is 2. The highest BCUT2D eigenvalue weighted by atomic mass is 16.5. The Hall–Kier alpha value is -1.89. The number of ether oxygens (including phenoxy) is 1. The van der Waals surface area contributed by atoms with E-state index in [9.17, 15) is 10.4 Å². The lowest BCUT2D eigenvalue weighted by Crippen LogP contribution is -2.37. The molecule has 2 fully saturated rings. The van der Waals surface area contributed by atoms with Crippen molar-refractivity contribution in [3.8, 4) is 6.07 Å². The molecule has 2 aliphatic rings. The average Bonchev–Trinajstić information content (AvgIpc) is 3.15. The van der Waals surface area contributed by atoms with Gasteiger partial charge in [-0.25, -0.2) is 0 Å². The average molecular weight is 279 g/mol. The minimum absolute atomic E-state index is 0.138. The van der Waals surface area contributed by atoms with E-state index in [-0.39, 0.29) is 12.2 Å². The van der Waals surface area contributed by atoms with E-state index >= 15 is 0 Å². The van der Waals surface area contributed by atoms with Crippen LogP contribution in [0.4, 0.5) is 0 Å². The van der Waals surface area contributed by atoms with Crippen molar-refractivity contribution in [1.29, 1.82) is 5.26 Å². The zero-order valence-electron chi connectivity index (χ0n) is 11.7. The summed E-state index contributed by atoms with van der Waals surface area (Å²) < 4.78 is 5.85. The SMILES string of the molecule is N#CC1(C(O)c2cccc3ccccc23)CC2CCC1O2. The number of aliphatic hydroxyl groups is 1. The maximum Gasteiger partial charge on any atom is 0.116 e. The van der Waals surface area contributed by atoms with Crippen molar-refractivity contribution in [3.63, 3.8) is 0 Å². The Morgan fingerprint density at radius 1 is 1.19 bits per heavy atom. The van der Waals surface area contributed by atoms with Gasteiger partial charge in [0.15, 0.2) is 0 Å². The molecular formula is C18H17NO2. The number of nitrogens with zero attached hydrogens (tertiary/aromatic N) is 1. The van der Waals surface area contributed by atoms with E-state index in [0.29, 0.717) is 6.42 Å². The van der Waals surface area contributed by atoms with Crippen LogP contribution in [-0.4, -0.2) is 17.3 Å². The largest absolute Gasteiger partial charge is 0.387 e. The van der Waals surface area contributed by atoms with Crippen molar-refractivity contribution < 1.29 is 9.84 Å². The van der Waals surface area contributed by atoms with Gasteiger partial charge in [-0.3, -0.25) is 0 Å².